The summed E-state index contributed by atoms with van der Waals surface area (Å²) in [5, 5.41) is 9.46. The van der Waals surface area contributed by atoms with Gasteiger partial charge in [-0.2, -0.15) is 0 Å². The van der Waals surface area contributed by atoms with E-state index in [1.165, 1.54) is 11.8 Å². The van der Waals surface area contributed by atoms with E-state index in [-0.39, 0.29) is 12.3 Å². The molecule has 1 rings (SSSR count). The van der Waals surface area contributed by atoms with Crippen molar-refractivity contribution in [1.29, 1.82) is 0 Å². The second kappa shape index (κ2) is 4.41. The highest BCUT2D eigenvalue weighted by atomic mass is 16.6. The number of ketones is 1. The number of aliphatic hydroxyl groups excluding tert-OH is 1. The normalized spacial score (nSPS) is 25.7. The number of hydrogen-bond donors (Lipinski definition) is 1. The highest BCUT2D eigenvalue weighted by Gasteiger charge is 2.39. The van der Waals surface area contributed by atoms with Crippen LogP contribution in [0, 0.1) is 0 Å². The molecule has 5 heteroatoms. The summed E-state index contributed by atoms with van der Waals surface area (Å²) in [7, 11) is 0. The summed E-state index contributed by atoms with van der Waals surface area (Å²) in [5.41, 5.74) is -0.591. The first-order valence-electron chi connectivity index (χ1n) is 5.39. The van der Waals surface area contributed by atoms with Crippen LogP contribution >= 0.6 is 0 Å². The molecule has 1 aliphatic rings. The number of rotatable bonds is 1. The SMILES string of the molecule is CC(=O)[C@@H]1C[C@H](O)CN1C(=O)OC(C)(C)C. The highest BCUT2D eigenvalue weighted by Crippen LogP contribution is 2.21. The number of carbonyl (C=O) groups is 2. The molecule has 0 bridgehead atoms. The maximum atomic E-state index is 11.8. The van der Waals surface area contributed by atoms with Gasteiger partial charge in [-0.1, -0.05) is 0 Å². The monoisotopic (exact) mass is 229 g/mol. The Hall–Kier alpha value is -1.10. The van der Waals surface area contributed by atoms with Crippen molar-refractivity contribution >= 4 is 11.9 Å². The lowest BCUT2D eigenvalue weighted by molar-refractivity contribution is -0.121. The molecule has 1 N–H and O–H groups in total. The summed E-state index contributed by atoms with van der Waals surface area (Å²) in [5.74, 6) is -0.123. The van der Waals surface area contributed by atoms with Crippen LogP contribution in [0.3, 0.4) is 0 Å². The van der Waals surface area contributed by atoms with Crippen molar-refractivity contribution in [2.45, 2.75) is 51.9 Å². The molecule has 0 aromatic rings. The van der Waals surface area contributed by atoms with Crippen LogP contribution in [-0.2, 0) is 9.53 Å². The van der Waals surface area contributed by atoms with Crippen molar-refractivity contribution in [3.05, 3.63) is 0 Å². The van der Waals surface area contributed by atoms with Crippen LogP contribution in [0.2, 0.25) is 0 Å². The summed E-state index contributed by atoms with van der Waals surface area (Å²) < 4.78 is 5.17. The van der Waals surface area contributed by atoms with Crippen molar-refractivity contribution < 1.29 is 19.4 Å². The summed E-state index contributed by atoms with van der Waals surface area (Å²) in [6, 6.07) is -0.551. The third kappa shape index (κ3) is 3.20. The fourth-order valence-electron chi connectivity index (χ4n) is 1.72. The van der Waals surface area contributed by atoms with E-state index >= 15 is 0 Å². The number of β-amino-alcohol motifs (C(OH)–C–C–N with tert-alkyl or cyclic N) is 1. The number of Topliss-reactive ketones (excluding diaryl/α,β-unsaturated/α-hetero) is 1. The highest BCUT2D eigenvalue weighted by molar-refractivity contribution is 5.86. The van der Waals surface area contributed by atoms with Gasteiger partial charge >= 0.3 is 6.09 Å². The van der Waals surface area contributed by atoms with Crippen molar-refractivity contribution in [3.63, 3.8) is 0 Å². The molecule has 1 saturated heterocycles. The van der Waals surface area contributed by atoms with Crippen LogP contribution in [0.25, 0.3) is 0 Å². The van der Waals surface area contributed by atoms with E-state index < -0.39 is 23.8 Å². The molecule has 16 heavy (non-hydrogen) atoms. The lowest BCUT2D eigenvalue weighted by Gasteiger charge is -2.27. The maximum Gasteiger partial charge on any atom is 0.410 e. The van der Waals surface area contributed by atoms with E-state index in [4.69, 9.17) is 4.74 Å². The van der Waals surface area contributed by atoms with Crippen LogP contribution in [0.5, 0.6) is 0 Å². The van der Waals surface area contributed by atoms with Gasteiger partial charge in [-0.3, -0.25) is 9.69 Å². The molecule has 0 saturated carbocycles. The summed E-state index contributed by atoms with van der Waals surface area (Å²) in [4.78, 5) is 24.4. The molecule has 92 valence electrons. The zero-order valence-electron chi connectivity index (χ0n) is 10.2. The lowest BCUT2D eigenvalue weighted by Crippen LogP contribution is -2.42. The van der Waals surface area contributed by atoms with Gasteiger partial charge in [0.25, 0.3) is 0 Å². The Balaban J connectivity index is 2.71. The molecule has 5 nitrogen and oxygen atoms in total. The fourth-order valence-corrected chi connectivity index (χ4v) is 1.72. The first-order valence-corrected chi connectivity index (χ1v) is 5.39. The van der Waals surface area contributed by atoms with Crippen LogP contribution in [0.15, 0.2) is 0 Å². The maximum absolute atomic E-state index is 11.8. The quantitative estimate of drug-likeness (QED) is 0.726. The minimum atomic E-state index is -0.638. The number of ether oxygens (including phenoxy) is 1. The zero-order valence-corrected chi connectivity index (χ0v) is 10.2. The van der Waals surface area contributed by atoms with E-state index in [1.54, 1.807) is 20.8 Å². The van der Waals surface area contributed by atoms with Gasteiger partial charge in [0.05, 0.1) is 18.7 Å². The molecule has 0 aromatic heterocycles. The number of carbonyl (C=O) groups excluding carboxylic acids is 2. The van der Waals surface area contributed by atoms with Gasteiger partial charge in [-0.25, -0.2) is 4.79 Å². The number of aliphatic hydroxyl groups is 1. The van der Waals surface area contributed by atoms with Crippen molar-refractivity contribution in [2.75, 3.05) is 6.54 Å². The Morgan fingerprint density at radius 1 is 1.38 bits per heavy atom. The molecular formula is C11H19NO4. The van der Waals surface area contributed by atoms with Crippen LogP contribution < -0.4 is 0 Å². The van der Waals surface area contributed by atoms with Gasteiger partial charge < -0.3 is 9.84 Å². The van der Waals surface area contributed by atoms with Gasteiger partial charge in [0, 0.05) is 6.42 Å². The van der Waals surface area contributed by atoms with Crippen molar-refractivity contribution in [1.82, 2.24) is 4.90 Å². The Kier molecular flexibility index (Phi) is 3.57. The molecule has 1 amide bonds. The third-order valence-electron chi connectivity index (χ3n) is 2.38. The molecule has 1 heterocycles. The van der Waals surface area contributed by atoms with Crippen LogP contribution in [0.4, 0.5) is 4.79 Å². The average Bonchev–Trinajstić information content (AvgIpc) is 2.44. The molecule has 0 aliphatic carbocycles. The van der Waals surface area contributed by atoms with Gasteiger partial charge in [0.2, 0.25) is 0 Å². The minimum absolute atomic E-state index is 0.123. The topological polar surface area (TPSA) is 66.8 Å². The van der Waals surface area contributed by atoms with Crippen LogP contribution in [-0.4, -0.2) is 46.2 Å². The predicted molar refractivity (Wildman–Crippen MR) is 58.0 cm³/mol. The summed E-state index contributed by atoms with van der Waals surface area (Å²) in [6.07, 6.45) is -0.875. The Morgan fingerprint density at radius 3 is 2.38 bits per heavy atom. The Bertz CT molecular complexity index is 295. The molecule has 0 spiro atoms. The number of nitrogens with zero attached hydrogens (tertiary/aromatic N) is 1. The van der Waals surface area contributed by atoms with Crippen molar-refractivity contribution in [3.8, 4) is 0 Å². The lowest BCUT2D eigenvalue weighted by atomic mass is 10.1. The molecular weight excluding hydrogens is 210 g/mol. The van der Waals surface area contributed by atoms with Crippen LogP contribution in [0.1, 0.15) is 34.1 Å². The van der Waals surface area contributed by atoms with E-state index in [9.17, 15) is 14.7 Å². The molecule has 2 atom stereocenters. The number of hydrogen-bond acceptors (Lipinski definition) is 4. The van der Waals surface area contributed by atoms with Gasteiger partial charge in [-0.15, -0.1) is 0 Å². The third-order valence-corrected chi connectivity index (χ3v) is 2.38. The van der Waals surface area contributed by atoms with E-state index in [0.717, 1.165) is 0 Å². The van der Waals surface area contributed by atoms with Gasteiger partial charge in [0.1, 0.15) is 5.60 Å². The smallest absolute Gasteiger partial charge is 0.410 e. The van der Waals surface area contributed by atoms with E-state index in [1.807, 2.05) is 0 Å². The summed E-state index contributed by atoms with van der Waals surface area (Å²) in [6.45, 7) is 6.87. The second-order valence-electron chi connectivity index (χ2n) is 5.15. The van der Waals surface area contributed by atoms with Gasteiger partial charge in [-0.05, 0) is 27.7 Å². The van der Waals surface area contributed by atoms with E-state index in [0.29, 0.717) is 6.42 Å². The predicted octanol–water partition coefficient (Wildman–Crippen LogP) is 0.946. The number of amides is 1. The average molecular weight is 229 g/mol. The Morgan fingerprint density at radius 2 is 1.94 bits per heavy atom. The molecule has 1 aliphatic heterocycles. The first kappa shape index (κ1) is 13.0. The fraction of sp³-hybridized carbons (Fsp3) is 0.818. The second-order valence-corrected chi connectivity index (χ2v) is 5.15. The molecule has 0 radical (unpaired) electrons. The zero-order chi connectivity index (χ0) is 12.5. The van der Waals surface area contributed by atoms with E-state index in [2.05, 4.69) is 0 Å². The first-order chi connectivity index (χ1) is 7.20. The summed E-state index contributed by atoms with van der Waals surface area (Å²) >= 11 is 0. The molecule has 0 unspecified atom stereocenters. The largest absolute Gasteiger partial charge is 0.444 e. The van der Waals surface area contributed by atoms with Gasteiger partial charge in [0.15, 0.2) is 5.78 Å². The Labute approximate surface area is 95.4 Å². The van der Waals surface area contributed by atoms with Crippen molar-refractivity contribution in [2.24, 2.45) is 0 Å². The number of likely N-dealkylation sites (tertiary alicyclic amines) is 1. The molecule has 0 aromatic carbocycles. The standard InChI is InChI=1S/C11H19NO4/c1-7(13)9-5-8(14)6-12(9)10(15)16-11(2,3)4/h8-9,14H,5-6H2,1-4H3/t8-,9-/m0/s1. The molecule has 1 fully saturated rings. The minimum Gasteiger partial charge on any atom is -0.444 e.